The Labute approximate surface area is 142 Å². The van der Waals surface area contributed by atoms with Crippen LogP contribution in [-0.4, -0.2) is 25.1 Å². The molecule has 6 heteroatoms. The lowest BCUT2D eigenvalue weighted by Gasteiger charge is -2.18. The smallest absolute Gasteiger partial charge is 0.212 e. The molecule has 0 aliphatic carbocycles. The predicted octanol–water partition coefficient (Wildman–Crippen LogP) is 2.96. The van der Waals surface area contributed by atoms with Gasteiger partial charge in [-0.1, -0.05) is 18.2 Å². The highest BCUT2D eigenvalue weighted by molar-refractivity contribution is 5.80. The summed E-state index contributed by atoms with van der Waals surface area (Å²) in [6.07, 6.45) is 1.75. The first kappa shape index (κ1) is 17.7. The van der Waals surface area contributed by atoms with Gasteiger partial charge in [0.1, 0.15) is 5.82 Å². The number of aliphatic imine (C=N–C) groups is 1. The Hall–Kier alpha value is -2.63. The van der Waals surface area contributed by atoms with Crippen LogP contribution in [0, 0.1) is 12.7 Å². The molecule has 0 bridgehead atoms. The first-order valence-corrected chi connectivity index (χ1v) is 7.75. The maximum Gasteiger partial charge on any atom is 0.212 e. The van der Waals surface area contributed by atoms with Gasteiger partial charge in [0.05, 0.1) is 13.2 Å². The Morgan fingerprint density at radius 2 is 2.12 bits per heavy atom. The van der Waals surface area contributed by atoms with Crippen LogP contribution < -0.4 is 15.4 Å². The SMILES string of the molecule is CN=C(NCc1ccc(OC)nc1)NC(C)c1ccc(C)c(F)c1. The van der Waals surface area contributed by atoms with Crippen molar-refractivity contribution in [1.82, 2.24) is 15.6 Å². The molecule has 0 aliphatic heterocycles. The third-order valence-electron chi connectivity index (χ3n) is 3.74. The average Bonchev–Trinajstić information content (AvgIpc) is 2.61. The van der Waals surface area contributed by atoms with Gasteiger partial charge in [0.15, 0.2) is 5.96 Å². The first-order chi connectivity index (χ1) is 11.5. The fourth-order valence-electron chi connectivity index (χ4n) is 2.18. The molecule has 2 N–H and O–H groups in total. The van der Waals surface area contributed by atoms with Crippen LogP contribution in [0.5, 0.6) is 5.88 Å². The van der Waals surface area contributed by atoms with Crippen molar-refractivity contribution >= 4 is 5.96 Å². The Morgan fingerprint density at radius 3 is 2.71 bits per heavy atom. The molecule has 128 valence electrons. The summed E-state index contributed by atoms with van der Waals surface area (Å²) in [5.41, 5.74) is 2.51. The molecule has 0 aliphatic rings. The van der Waals surface area contributed by atoms with Crippen molar-refractivity contribution in [2.75, 3.05) is 14.2 Å². The molecular formula is C18H23FN4O. The monoisotopic (exact) mass is 330 g/mol. The number of methoxy groups -OCH3 is 1. The number of hydrogen-bond acceptors (Lipinski definition) is 3. The second-order valence-corrected chi connectivity index (χ2v) is 5.51. The molecule has 24 heavy (non-hydrogen) atoms. The van der Waals surface area contributed by atoms with Crippen molar-refractivity contribution in [1.29, 1.82) is 0 Å². The van der Waals surface area contributed by atoms with E-state index in [2.05, 4.69) is 20.6 Å². The van der Waals surface area contributed by atoms with Crippen molar-refractivity contribution in [3.8, 4) is 5.88 Å². The Balaban J connectivity index is 1.94. The van der Waals surface area contributed by atoms with Gasteiger partial charge in [-0.05, 0) is 36.6 Å². The van der Waals surface area contributed by atoms with E-state index in [-0.39, 0.29) is 11.9 Å². The maximum atomic E-state index is 13.7. The minimum atomic E-state index is -0.201. The molecule has 0 radical (unpaired) electrons. The summed E-state index contributed by atoms with van der Waals surface area (Å²) < 4.78 is 18.7. The number of nitrogens with one attached hydrogen (secondary N) is 2. The summed E-state index contributed by atoms with van der Waals surface area (Å²) in [7, 11) is 3.28. The van der Waals surface area contributed by atoms with Gasteiger partial charge in [-0.3, -0.25) is 4.99 Å². The molecule has 0 fully saturated rings. The van der Waals surface area contributed by atoms with Crippen LogP contribution in [-0.2, 0) is 6.54 Å². The van der Waals surface area contributed by atoms with Crippen molar-refractivity contribution in [2.45, 2.75) is 26.4 Å². The van der Waals surface area contributed by atoms with Gasteiger partial charge in [0, 0.05) is 25.9 Å². The Morgan fingerprint density at radius 1 is 1.33 bits per heavy atom. The van der Waals surface area contributed by atoms with Crippen LogP contribution in [0.2, 0.25) is 0 Å². The highest BCUT2D eigenvalue weighted by Crippen LogP contribution is 2.16. The molecule has 0 saturated heterocycles. The summed E-state index contributed by atoms with van der Waals surface area (Å²) in [5, 5.41) is 6.46. The van der Waals surface area contributed by atoms with Crippen molar-refractivity contribution < 1.29 is 9.13 Å². The largest absolute Gasteiger partial charge is 0.481 e. The quantitative estimate of drug-likeness (QED) is 0.654. The molecule has 0 amide bonds. The highest BCUT2D eigenvalue weighted by atomic mass is 19.1. The number of rotatable bonds is 5. The third-order valence-corrected chi connectivity index (χ3v) is 3.74. The van der Waals surface area contributed by atoms with E-state index in [1.807, 2.05) is 25.1 Å². The van der Waals surface area contributed by atoms with Crippen molar-refractivity contribution in [3.05, 3.63) is 59.0 Å². The molecule has 1 unspecified atom stereocenters. The number of hydrogen-bond donors (Lipinski definition) is 2. The molecule has 2 aromatic rings. The second kappa shape index (κ2) is 8.29. The van der Waals surface area contributed by atoms with Crippen LogP contribution in [0.4, 0.5) is 4.39 Å². The summed E-state index contributed by atoms with van der Waals surface area (Å²) >= 11 is 0. The van der Waals surface area contributed by atoms with Crippen molar-refractivity contribution in [3.63, 3.8) is 0 Å². The molecule has 0 saturated carbocycles. The van der Waals surface area contributed by atoms with E-state index >= 15 is 0 Å². The van der Waals surface area contributed by atoms with Gasteiger partial charge in [0.25, 0.3) is 0 Å². The molecule has 5 nitrogen and oxygen atoms in total. The third kappa shape index (κ3) is 4.68. The number of pyridine rings is 1. The fraction of sp³-hybridized carbons (Fsp3) is 0.333. The lowest BCUT2D eigenvalue weighted by atomic mass is 10.1. The van der Waals surface area contributed by atoms with E-state index in [0.717, 1.165) is 11.1 Å². The number of benzene rings is 1. The van der Waals surface area contributed by atoms with E-state index in [0.29, 0.717) is 23.9 Å². The molecular weight excluding hydrogens is 307 g/mol. The standard InChI is InChI=1S/C18H23FN4O/c1-12-5-7-15(9-16(12)19)13(2)23-18(20-3)22-11-14-6-8-17(24-4)21-10-14/h5-10,13H,11H2,1-4H3,(H2,20,22,23). The molecule has 1 aromatic heterocycles. The first-order valence-electron chi connectivity index (χ1n) is 7.75. The molecule has 1 aromatic carbocycles. The van der Waals surface area contributed by atoms with E-state index in [1.54, 1.807) is 39.4 Å². The minimum absolute atomic E-state index is 0.0692. The van der Waals surface area contributed by atoms with Crippen molar-refractivity contribution in [2.24, 2.45) is 4.99 Å². The minimum Gasteiger partial charge on any atom is -0.481 e. The van der Waals surface area contributed by atoms with Crippen LogP contribution in [0.15, 0.2) is 41.5 Å². The molecule has 1 atom stereocenters. The number of halogens is 1. The Kier molecular flexibility index (Phi) is 6.12. The average molecular weight is 330 g/mol. The van der Waals surface area contributed by atoms with E-state index in [1.165, 1.54) is 0 Å². The van der Waals surface area contributed by atoms with Crippen LogP contribution in [0.3, 0.4) is 0 Å². The predicted molar refractivity (Wildman–Crippen MR) is 93.7 cm³/mol. The number of guanidine groups is 1. The number of ether oxygens (including phenoxy) is 1. The zero-order chi connectivity index (χ0) is 17.5. The van der Waals surface area contributed by atoms with Crippen LogP contribution in [0.25, 0.3) is 0 Å². The maximum absolute atomic E-state index is 13.7. The van der Waals surface area contributed by atoms with Crippen LogP contribution in [0.1, 0.15) is 29.7 Å². The number of aromatic nitrogens is 1. The fourth-order valence-corrected chi connectivity index (χ4v) is 2.18. The van der Waals surface area contributed by atoms with Gasteiger partial charge in [-0.2, -0.15) is 0 Å². The van der Waals surface area contributed by atoms with Gasteiger partial charge >= 0.3 is 0 Å². The van der Waals surface area contributed by atoms with Crippen LogP contribution >= 0.6 is 0 Å². The molecule has 1 heterocycles. The van der Waals surface area contributed by atoms with E-state index < -0.39 is 0 Å². The lowest BCUT2D eigenvalue weighted by Crippen LogP contribution is -2.38. The summed E-state index contributed by atoms with van der Waals surface area (Å²) in [6.45, 7) is 4.29. The molecule has 2 rings (SSSR count). The topological polar surface area (TPSA) is 58.5 Å². The normalized spacial score (nSPS) is 12.6. The van der Waals surface area contributed by atoms with Gasteiger partial charge < -0.3 is 15.4 Å². The zero-order valence-electron chi connectivity index (χ0n) is 14.4. The summed E-state index contributed by atoms with van der Waals surface area (Å²) in [6, 6.07) is 8.92. The van der Waals surface area contributed by atoms with E-state index in [9.17, 15) is 4.39 Å². The zero-order valence-corrected chi connectivity index (χ0v) is 14.4. The summed E-state index contributed by atoms with van der Waals surface area (Å²) in [4.78, 5) is 8.36. The lowest BCUT2D eigenvalue weighted by molar-refractivity contribution is 0.397. The van der Waals surface area contributed by atoms with Gasteiger partial charge in [0.2, 0.25) is 5.88 Å². The summed E-state index contributed by atoms with van der Waals surface area (Å²) in [5.74, 6) is 1.02. The molecule has 0 spiro atoms. The van der Waals surface area contributed by atoms with E-state index in [4.69, 9.17) is 4.74 Å². The number of aryl methyl sites for hydroxylation is 1. The Bertz CT molecular complexity index is 701. The second-order valence-electron chi connectivity index (χ2n) is 5.51. The van der Waals surface area contributed by atoms with Gasteiger partial charge in [-0.15, -0.1) is 0 Å². The number of nitrogens with zero attached hydrogens (tertiary/aromatic N) is 2. The van der Waals surface area contributed by atoms with Gasteiger partial charge in [-0.25, -0.2) is 9.37 Å². The highest BCUT2D eigenvalue weighted by Gasteiger charge is 2.09.